The summed E-state index contributed by atoms with van der Waals surface area (Å²) in [5.74, 6) is -0.524. The number of oxazole rings is 1. The van der Waals surface area contributed by atoms with Crippen LogP contribution < -0.4 is 0 Å². The summed E-state index contributed by atoms with van der Waals surface area (Å²) in [7, 11) is 0. The maximum Gasteiger partial charge on any atom is 0.394 e. The van der Waals surface area contributed by atoms with Crippen molar-refractivity contribution in [1.82, 2.24) is 4.98 Å². The molecule has 4 nitrogen and oxygen atoms in total. The van der Waals surface area contributed by atoms with Gasteiger partial charge in [0.2, 0.25) is 0 Å². The van der Waals surface area contributed by atoms with E-state index in [1.807, 2.05) is 12.1 Å². The van der Waals surface area contributed by atoms with E-state index < -0.39 is 5.97 Å². The fourth-order valence-electron chi connectivity index (χ4n) is 1.39. The number of fused-ring (bicyclic) bond motifs is 1. The smallest absolute Gasteiger partial charge is 0.394 e. The Balaban J connectivity index is 2.47. The van der Waals surface area contributed by atoms with E-state index in [-0.39, 0.29) is 5.89 Å². The molecular formula is C11H10BrNO3. The number of hydrogen-bond donors (Lipinski definition) is 0. The van der Waals surface area contributed by atoms with Crippen LogP contribution in [0.15, 0.2) is 22.6 Å². The van der Waals surface area contributed by atoms with E-state index >= 15 is 0 Å². The first kappa shape index (κ1) is 11.1. The predicted molar refractivity (Wildman–Crippen MR) is 62.6 cm³/mol. The van der Waals surface area contributed by atoms with Crippen LogP contribution in [-0.4, -0.2) is 17.6 Å². The van der Waals surface area contributed by atoms with E-state index in [0.29, 0.717) is 23.0 Å². The van der Waals surface area contributed by atoms with Crippen LogP contribution in [0, 0.1) is 0 Å². The first-order chi connectivity index (χ1) is 7.76. The minimum absolute atomic E-state index is 0.00486. The third kappa shape index (κ3) is 1.95. The van der Waals surface area contributed by atoms with Crippen molar-refractivity contribution in [3.8, 4) is 0 Å². The zero-order valence-corrected chi connectivity index (χ0v) is 10.3. The van der Waals surface area contributed by atoms with Crippen LogP contribution in [0.1, 0.15) is 23.2 Å². The molecule has 1 aromatic carbocycles. The number of para-hydroxylation sites is 1. The Labute approximate surface area is 101 Å². The van der Waals surface area contributed by atoms with Crippen LogP contribution in [0.3, 0.4) is 0 Å². The quantitative estimate of drug-likeness (QED) is 0.642. The molecule has 2 rings (SSSR count). The first-order valence-corrected chi connectivity index (χ1v) is 6.00. The molecule has 5 heteroatoms. The Morgan fingerprint density at radius 2 is 2.38 bits per heavy atom. The molecule has 0 aliphatic rings. The number of nitrogens with zero attached hydrogens (tertiary/aromatic N) is 1. The number of aromatic nitrogens is 1. The molecule has 0 aliphatic carbocycles. The van der Waals surface area contributed by atoms with E-state index in [0.717, 1.165) is 5.56 Å². The fraction of sp³-hybridized carbons (Fsp3) is 0.273. The summed E-state index contributed by atoms with van der Waals surface area (Å²) in [6, 6.07) is 5.56. The van der Waals surface area contributed by atoms with Crippen molar-refractivity contribution in [2.24, 2.45) is 0 Å². The molecule has 0 saturated carbocycles. The molecule has 0 amide bonds. The first-order valence-electron chi connectivity index (χ1n) is 4.87. The molecule has 0 fully saturated rings. The van der Waals surface area contributed by atoms with Crippen LogP contribution in [-0.2, 0) is 10.1 Å². The van der Waals surface area contributed by atoms with Crippen molar-refractivity contribution in [2.75, 3.05) is 6.61 Å². The van der Waals surface area contributed by atoms with Crippen LogP contribution in [0.4, 0.5) is 0 Å². The maximum atomic E-state index is 11.4. The number of halogens is 1. The molecule has 2 aromatic rings. The average Bonchev–Trinajstić information content (AvgIpc) is 2.72. The van der Waals surface area contributed by atoms with Gasteiger partial charge in [0.25, 0.3) is 0 Å². The molecule has 0 saturated heterocycles. The van der Waals surface area contributed by atoms with Gasteiger partial charge in [0, 0.05) is 5.33 Å². The lowest BCUT2D eigenvalue weighted by molar-refractivity contribution is 0.0483. The summed E-state index contributed by atoms with van der Waals surface area (Å²) >= 11 is 3.36. The highest BCUT2D eigenvalue weighted by atomic mass is 79.9. The highest BCUT2D eigenvalue weighted by molar-refractivity contribution is 9.08. The van der Waals surface area contributed by atoms with Gasteiger partial charge in [0.1, 0.15) is 5.52 Å². The van der Waals surface area contributed by atoms with Crippen molar-refractivity contribution in [2.45, 2.75) is 12.3 Å². The minimum Gasteiger partial charge on any atom is -0.459 e. The molecule has 0 N–H and O–H groups in total. The normalized spacial score (nSPS) is 10.6. The molecule has 16 heavy (non-hydrogen) atoms. The third-order valence-corrected chi connectivity index (χ3v) is 2.70. The number of hydrogen-bond acceptors (Lipinski definition) is 4. The van der Waals surface area contributed by atoms with Crippen molar-refractivity contribution < 1.29 is 13.9 Å². The lowest BCUT2D eigenvalue weighted by Gasteiger charge is -1.94. The molecule has 0 atom stereocenters. The fourth-order valence-corrected chi connectivity index (χ4v) is 1.85. The summed E-state index contributed by atoms with van der Waals surface area (Å²) in [6.45, 7) is 2.05. The van der Waals surface area contributed by atoms with Gasteiger partial charge in [-0.1, -0.05) is 28.1 Å². The Morgan fingerprint density at radius 3 is 3.06 bits per heavy atom. The van der Waals surface area contributed by atoms with E-state index in [2.05, 4.69) is 20.9 Å². The highest BCUT2D eigenvalue weighted by Crippen LogP contribution is 2.21. The minimum atomic E-state index is -0.528. The number of carbonyl (C=O) groups is 1. The van der Waals surface area contributed by atoms with Crippen molar-refractivity contribution in [3.63, 3.8) is 0 Å². The van der Waals surface area contributed by atoms with Crippen molar-refractivity contribution in [3.05, 3.63) is 29.7 Å². The SMILES string of the molecule is CCOC(=O)c1nc2c(CBr)cccc2o1. The maximum absolute atomic E-state index is 11.4. The summed E-state index contributed by atoms with van der Waals surface area (Å²) < 4.78 is 10.1. The lowest BCUT2D eigenvalue weighted by Crippen LogP contribution is -2.04. The second-order valence-corrected chi connectivity index (χ2v) is 3.70. The summed E-state index contributed by atoms with van der Waals surface area (Å²) in [5.41, 5.74) is 2.28. The van der Waals surface area contributed by atoms with Gasteiger partial charge < -0.3 is 9.15 Å². The Morgan fingerprint density at radius 1 is 1.56 bits per heavy atom. The van der Waals surface area contributed by atoms with Gasteiger partial charge in [-0.05, 0) is 18.6 Å². The van der Waals surface area contributed by atoms with Gasteiger partial charge in [0.15, 0.2) is 5.58 Å². The lowest BCUT2D eigenvalue weighted by atomic mass is 10.2. The average molecular weight is 284 g/mol. The van der Waals surface area contributed by atoms with E-state index in [4.69, 9.17) is 9.15 Å². The number of alkyl halides is 1. The standard InChI is InChI=1S/C11H10BrNO3/c1-2-15-11(14)10-13-9-7(6-12)4-3-5-8(9)16-10/h3-5H,2,6H2,1H3. The van der Waals surface area contributed by atoms with Crippen LogP contribution in [0.5, 0.6) is 0 Å². The monoisotopic (exact) mass is 283 g/mol. The Kier molecular flexibility index (Phi) is 3.24. The molecule has 1 aromatic heterocycles. The van der Waals surface area contributed by atoms with Gasteiger partial charge in [-0.2, -0.15) is 0 Å². The largest absolute Gasteiger partial charge is 0.459 e. The van der Waals surface area contributed by atoms with Crippen molar-refractivity contribution >= 4 is 33.0 Å². The summed E-state index contributed by atoms with van der Waals surface area (Å²) in [4.78, 5) is 15.6. The van der Waals surface area contributed by atoms with Gasteiger partial charge in [-0.15, -0.1) is 0 Å². The molecular weight excluding hydrogens is 274 g/mol. The number of ether oxygens (including phenoxy) is 1. The van der Waals surface area contributed by atoms with Crippen molar-refractivity contribution in [1.29, 1.82) is 0 Å². The Hall–Kier alpha value is -1.36. The second kappa shape index (κ2) is 4.65. The number of esters is 1. The highest BCUT2D eigenvalue weighted by Gasteiger charge is 2.16. The van der Waals surface area contributed by atoms with Crippen LogP contribution in [0.2, 0.25) is 0 Å². The van der Waals surface area contributed by atoms with Crippen LogP contribution in [0.25, 0.3) is 11.1 Å². The van der Waals surface area contributed by atoms with Crippen LogP contribution >= 0.6 is 15.9 Å². The van der Waals surface area contributed by atoms with Gasteiger partial charge in [0.05, 0.1) is 6.61 Å². The number of benzene rings is 1. The van der Waals surface area contributed by atoms with E-state index in [1.165, 1.54) is 0 Å². The molecule has 0 unspecified atom stereocenters. The van der Waals surface area contributed by atoms with Gasteiger partial charge >= 0.3 is 11.9 Å². The van der Waals surface area contributed by atoms with Gasteiger partial charge in [-0.25, -0.2) is 9.78 Å². The Bertz CT molecular complexity index is 521. The van der Waals surface area contributed by atoms with Gasteiger partial charge in [-0.3, -0.25) is 0 Å². The molecule has 0 spiro atoms. The van der Waals surface area contributed by atoms with E-state index in [1.54, 1.807) is 13.0 Å². The zero-order valence-electron chi connectivity index (χ0n) is 8.70. The second-order valence-electron chi connectivity index (χ2n) is 3.14. The zero-order chi connectivity index (χ0) is 11.5. The molecule has 1 heterocycles. The number of carbonyl (C=O) groups excluding carboxylic acids is 1. The molecule has 84 valence electrons. The predicted octanol–water partition coefficient (Wildman–Crippen LogP) is 2.90. The molecule has 0 bridgehead atoms. The topological polar surface area (TPSA) is 52.3 Å². The summed E-state index contributed by atoms with van der Waals surface area (Å²) in [5, 5.41) is 0.666. The third-order valence-electron chi connectivity index (χ3n) is 2.10. The van der Waals surface area contributed by atoms with E-state index in [9.17, 15) is 4.79 Å². The number of rotatable bonds is 3. The summed E-state index contributed by atoms with van der Waals surface area (Å²) in [6.07, 6.45) is 0. The molecule has 0 aliphatic heterocycles. The molecule has 0 radical (unpaired) electrons.